The zero-order chi connectivity index (χ0) is 13.3. The maximum atomic E-state index is 11.0. The molecule has 1 N–H and O–H groups in total. The molecule has 0 aliphatic carbocycles. The summed E-state index contributed by atoms with van der Waals surface area (Å²) in [5.74, 6) is -0.266. The third-order valence-corrected chi connectivity index (χ3v) is 3.26. The number of carboxylic acids is 1. The maximum Gasteiger partial charge on any atom is 0.339 e. The van der Waals surface area contributed by atoms with Gasteiger partial charge in [0.25, 0.3) is 0 Å². The van der Waals surface area contributed by atoms with E-state index in [0.29, 0.717) is 11.4 Å². The van der Waals surface area contributed by atoms with Crippen LogP contribution in [0.15, 0.2) is 28.9 Å². The molecule has 0 saturated heterocycles. The Bertz CT molecular complexity index is 607. The van der Waals surface area contributed by atoms with Crippen LogP contribution < -0.4 is 4.74 Å². The number of benzene rings is 1. The Kier molecular flexibility index (Phi) is 3.38. The average molecular weight is 311 g/mol. The van der Waals surface area contributed by atoms with Crippen LogP contribution >= 0.6 is 15.9 Å². The lowest BCUT2D eigenvalue weighted by Crippen LogP contribution is -2.03. The lowest BCUT2D eigenvalue weighted by molar-refractivity contribution is 0.0696. The molecule has 94 valence electrons. The second kappa shape index (κ2) is 4.81. The molecule has 0 fully saturated rings. The van der Waals surface area contributed by atoms with Gasteiger partial charge < -0.3 is 9.84 Å². The third kappa shape index (κ3) is 2.11. The number of carboxylic acid groups (broad SMARTS) is 1. The molecule has 0 amide bonds. The van der Waals surface area contributed by atoms with E-state index in [2.05, 4.69) is 21.0 Å². The molecule has 0 atom stereocenters. The van der Waals surface area contributed by atoms with E-state index in [9.17, 15) is 4.79 Å². The topological polar surface area (TPSA) is 64.4 Å². The van der Waals surface area contributed by atoms with Crippen LogP contribution in [-0.2, 0) is 0 Å². The van der Waals surface area contributed by atoms with Gasteiger partial charge in [0.1, 0.15) is 11.3 Å². The Hall–Kier alpha value is -1.82. The van der Waals surface area contributed by atoms with Crippen molar-refractivity contribution in [3.8, 4) is 11.4 Å². The summed E-state index contributed by atoms with van der Waals surface area (Å²) in [5, 5.41) is 13.1. The van der Waals surface area contributed by atoms with E-state index < -0.39 is 5.97 Å². The number of hydrogen-bond donors (Lipinski definition) is 1. The van der Waals surface area contributed by atoms with Crippen LogP contribution in [-0.4, -0.2) is 28.0 Å². The van der Waals surface area contributed by atoms with Gasteiger partial charge in [-0.15, -0.1) is 0 Å². The quantitative estimate of drug-likeness (QED) is 0.946. The van der Waals surface area contributed by atoms with Gasteiger partial charge in [-0.3, -0.25) is 0 Å². The van der Waals surface area contributed by atoms with E-state index in [1.54, 1.807) is 30.8 Å². The second-order valence-electron chi connectivity index (χ2n) is 3.68. The highest BCUT2D eigenvalue weighted by Gasteiger charge is 2.15. The highest BCUT2D eigenvalue weighted by Crippen LogP contribution is 2.27. The van der Waals surface area contributed by atoms with E-state index in [-0.39, 0.29) is 5.56 Å². The fraction of sp³-hybridized carbons (Fsp3) is 0.167. The van der Waals surface area contributed by atoms with Crippen LogP contribution in [0.4, 0.5) is 0 Å². The molecular weight excluding hydrogens is 300 g/mol. The summed E-state index contributed by atoms with van der Waals surface area (Å²) in [6.45, 7) is 1.72. The summed E-state index contributed by atoms with van der Waals surface area (Å²) in [4.78, 5) is 11.0. The summed E-state index contributed by atoms with van der Waals surface area (Å²) < 4.78 is 7.46. The molecule has 1 aromatic carbocycles. The number of ether oxygens (including phenoxy) is 1. The second-order valence-corrected chi connectivity index (χ2v) is 4.53. The zero-order valence-electron chi connectivity index (χ0n) is 9.85. The number of carbonyl (C=O) groups is 1. The van der Waals surface area contributed by atoms with Crippen molar-refractivity contribution in [3.63, 3.8) is 0 Å². The van der Waals surface area contributed by atoms with Crippen LogP contribution in [0.3, 0.4) is 0 Å². The first-order valence-electron chi connectivity index (χ1n) is 5.16. The summed E-state index contributed by atoms with van der Waals surface area (Å²) >= 11 is 3.42. The minimum absolute atomic E-state index is 0.192. The minimum atomic E-state index is -0.983. The van der Waals surface area contributed by atoms with Crippen molar-refractivity contribution in [1.29, 1.82) is 0 Å². The SMILES string of the molecule is COc1ccc(-n2ncc(C(=O)O)c2C)c(Br)c1. The van der Waals surface area contributed by atoms with Crippen molar-refractivity contribution in [2.75, 3.05) is 7.11 Å². The molecule has 1 aromatic heterocycles. The first-order chi connectivity index (χ1) is 8.54. The number of nitrogens with zero attached hydrogens (tertiary/aromatic N) is 2. The molecule has 2 aromatic rings. The molecule has 6 heteroatoms. The Labute approximate surface area is 112 Å². The molecule has 0 aliphatic rings. The van der Waals surface area contributed by atoms with Crippen LogP contribution in [0.25, 0.3) is 5.69 Å². The number of aromatic nitrogens is 2. The van der Waals surface area contributed by atoms with Crippen LogP contribution in [0.1, 0.15) is 16.1 Å². The lowest BCUT2D eigenvalue weighted by Gasteiger charge is -2.08. The van der Waals surface area contributed by atoms with Gasteiger partial charge in [0.2, 0.25) is 0 Å². The zero-order valence-corrected chi connectivity index (χ0v) is 11.4. The number of aromatic carboxylic acids is 1. The Morgan fingerprint density at radius 2 is 2.22 bits per heavy atom. The first kappa shape index (κ1) is 12.6. The van der Waals surface area contributed by atoms with Crippen molar-refractivity contribution in [1.82, 2.24) is 9.78 Å². The van der Waals surface area contributed by atoms with Crippen LogP contribution in [0.5, 0.6) is 5.75 Å². The van der Waals surface area contributed by atoms with Gasteiger partial charge in [0.05, 0.1) is 24.7 Å². The number of methoxy groups -OCH3 is 1. The fourth-order valence-corrected chi connectivity index (χ4v) is 2.17. The maximum absolute atomic E-state index is 11.0. The highest BCUT2D eigenvalue weighted by molar-refractivity contribution is 9.10. The monoisotopic (exact) mass is 310 g/mol. The lowest BCUT2D eigenvalue weighted by atomic mass is 10.2. The smallest absolute Gasteiger partial charge is 0.339 e. The molecule has 0 unspecified atom stereocenters. The van der Waals surface area contributed by atoms with E-state index in [4.69, 9.17) is 9.84 Å². The standard InChI is InChI=1S/C12H11BrN2O3/c1-7-9(12(16)17)6-14-15(7)11-4-3-8(18-2)5-10(11)13/h3-6H,1-2H3,(H,16,17). The van der Waals surface area contributed by atoms with Gasteiger partial charge in [-0.1, -0.05) is 0 Å². The predicted molar refractivity (Wildman–Crippen MR) is 69.5 cm³/mol. The summed E-state index contributed by atoms with van der Waals surface area (Å²) in [7, 11) is 1.59. The van der Waals surface area contributed by atoms with E-state index in [0.717, 1.165) is 10.2 Å². The normalized spacial score (nSPS) is 10.4. The van der Waals surface area contributed by atoms with Crippen molar-refractivity contribution in [2.24, 2.45) is 0 Å². The Morgan fingerprint density at radius 1 is 1.50 bits per heavy atom. The molecule has 2 rings (SSSR count). The summed E-state index contributed by atoms with van der Waals surface area (Å²) in [6, 6.07) is 5.41. The fourth-order valence-electron chi connectivity index (χ4n) is 1.65. The highest BCUT2D eigenvalue weighted by atomic mass is 79.9. The molecule has 0 saturated carbocycles. The van der Waals surface area contributed by atoms with Crippen molar-refractivity contribution < 1.29 is 14.6 Å². The van der Waals surface area contributed by atoms with Gasteiger partial charge >= 0.3 is 5.97 Å². The Balaban J connectivity index is 2.52. The van der Waals surface area contributed by atoms with Crippen molar-refractivity contribution in [3.05, 3.63) is 40.1 Å². The van der Waals surface area contributed by atoms with Crippen LogP contribution in [0.2, 0.25) is 0 Å². The molecule has 0 spiro atoms. The molecule has 18 heavy (non-hydrogen) atoms. The molecule has 0 radical (unpaired) electrons. The largest absolute Gasteiger partial charge is 0.497 e. The van der Waals surface area contributed by atoms with E-state index in [1.807, 2.05) is 6.07 Å². The van der Waals surface area contributed by atoms with E-state index >= 15 is 0 Å². The summed E-state index contributed by atoms with van der Waals surface area (Å²) in [5.41, 5.74) is 1.53. The van der Waals surface area contributed by atoms with Gasteiger partial charge in [-0.25, -0.2) is 9.48 Å². The molecule has 0 bridgehead atoms. The predicted octanol–water partition coefficient (Wildman–Crippen LogP) is 2.65. The molecule has 1 heterocycles. The Morgan fingerprint density at radius 3 is 2.72 bits per heavy atom. The average Bonchev–Trinajstić information content (AvgIpc) is 2.71. The molecular formula is C12H11BrN2O3. The number of rotatable bonds is 3. The number of halogens is 1. The van der Waals surface area contributed by atoms with Gasteiger partial charge in [0, 0.05) is 4.47 Å². The molecule has 0 aliphatic heterocycles. The van der Waals surface area contributed by atoms with Crippen LogP contribution in [0, 0.1) is 6.92 Å². The van der Waals surface area contributed by atoms with Gasteiger partial charge in [-0.05, 0) is 41.1 Å². The minimum Gasteiger partial charge on any atom is -0.497 e. The first-order valence-corrected chi connectivity index (χ1v) is 5.95. The molecule has 5 nitrogen and oxygen atoms in total. The van der Waals surface area contributed by atoms with Gasteiger partial charge in [-0.2, -0.15) is 5.10 Å². The third-order valence-electron chi connectivity index (χ3n) is 2.62. The van der Waals surface area contributed by atoms with E-state index in [1.165, 1.54) is 6.20 Å². The number of hydrogen-bond acceptors (Lipinski definition) is 3. The van der Waals surface area contributed by atoms with Crippen molar-refractivity contribution >= 4 is 21.9 Å². The summed E-state index contributed by atoms with van der Waals surface area (Å²) in [6.07, 6.45) is 1.34. The van der Waals surface area contributed by atoms with Gasteiger partial charge in [0.15, 0.2) is 0 Å². The van der Waals surface area contributed by atoms with Crippen molar-refractivity contribution in [2.45, 2.75) is 6.92 Å².